The van der Waals surface area contributed by atoms with E-state index in [9.17, 15) is 9.59 Å². The number of rotatable bonds is 8. The first-order valence-electron chi connectivity index (χ1n) is 10.2. The highest BCUT2D eigenvalue weighted by Gasteiger charge is 2.22. The molecule has 1 aliphatic rings. The summed E-state index contributed by atoms with van der Waals surface area (Å²) in [5.41, 5.74) is 1.62. The summed E-state index contributed by atoms with van der Waals surface area (Å²) in [5.74, 6) is 1.44. The van der Waals surface area contributed by atoms with Gasteiger partial charge in [-0.15, -0.1) is 0 Å². The predicted octanol–water partition coefficient (Wildman–Crippen LogP) is 1.79. The summed E-state index contributed by atoms with van der Waals surface area (Å²) in [6, 6.07) is 12.9. The lowest BCUT2D eigenvalue weighted by Crippen LogP contribution is -2.50. The quantitative estimate of drug-likeness (QED) is 0.692. The van der Waals surface area contributed by atoms with E-state index in [0.29, 0.717) is 30.2 Å². The average Bonchev–Trinajstić information content (AvgIpc) is 2.82. The molecule has 8 nitrogen and oxygen atoms in total. The molecule has 0 bridgehead atoms. The number of carbonyl (C=O) groups is 2. The van der Waals surface area contributed by atoms with Gasteiger partial charge in [0.05, 0.1) is 27.9 Å². The van der Waals surface area contributed by atoms with Crippen LogP contribution in [0, 0.1) is 0 Å². The van der Waals surface area contributed by atoms with E-state index < -0.39 is 0 Å². The SMILES string of the molecule is COc1ccc(CN2CCN(C(=O)CNC(=O)c3ccc(OC)c(OC)c3)CC2)cc1. The van der Waals surface area contributed by atoms with Crippen LogP contribution in [0.25, 0.3) is 0 Å². The number of ether oxygens (including phenoxy) is 3. The summed E-state index contributed by atoms with van der Waals surface area (Å²) in [7, 11) is 4.70. The lowest BCUT2D eigenvalue weighted by molar-refractivity contribution is -0.131. The number of hydrogen-bond acceptors (Lipinski definition) is 6. The third kappa shape index (κ3) is 5.88. The number of piperazine rings is 1. The first kappa shape index (κ1) is 22.4. The van der Waals surface area contributed by atoms with Gasteiger partial charge in [0.15, 0.2) is 11.5 Å². The number of hydrogen-bond donors (Lipinski definition) is 1. The number of methoxy groups -OCH3 is 3. The van der Waals surface area contributed by atoms with E-state index in [-0.39, 0.29) is 18.4 Å². The van der Waals surface area contributed by atoms with Gasteiger partial charge in [-0.2, -0.15) is 0 Å². The van der Waals surface area contributed by atoms with Crippen LogP contribution >= 0.6 is 0 Å². The van der Waals surface area contributed by atoms with Crippen molar-refractivity contribution in [3.8, 4) is 17.2 Å². The van der Waals surface area contributed by atoms with Crippen LogP contribution < -0.4 is 19.5 Å². The van der Waals surface area contributed by atoms with Gasteiger partial charge >= 0.3 is 0 Å². The fourth-order valence-corrected chi connectivity index (χ4v) is 3.49. The minimum atomic E-state index is -0.326. The zero-order valence-electron chi connectivity index (χ0n) is 18.2. The monoisotopic (exact) mass is 427 g/mol. The Morgan fingerprint density at radius 3 is 2.16 bits per heavy atom. The molecule has 0 radical (unpaired) electrons. The molecule has 2 aromatic carbocycles. The van der Waals surface area contributed by atoms with Gasteiger partial charge < -0.3 is 24.4 Å². The molecule has 3 rings (SSSR count). The van der Waals surface area contributed by atoms with Crippen molar-refractivity contribution in [2.75, 3.05) is 54.1 Å². The van der Waals surface area contributed by atoms with Crippen molar-refractivity contribution in [1.29, 1.82) is 0 Å². The van der Waals surface area contributed by atoms with Crippen molar-refractivity contribution in [2.45, 2.75) is 6.54 Å². The van der Waals surface area contributed by atoms with Crippen LogP contribution in [0.3, 0.4) is 0 Å². The van der Waals surface area contributed by atoms with Crippen molar-refractivity contribution in [3.05, 3.63) is 53.6 Å². The fraction of sp³-hybridized carbons (Fsp3) is 0.391. The first-order chi connectivity index (χ1) is 15.0. The Balaban J connectivity index is 1.45. The van der Waals surface area contributed by atoms with Crippen LogP contribution in [0.2, 0.25) is 0 Å². The van der Waals surface area contributed by atoms with Gasteiger partial charge in [-0.1, -0.05) is 12.1 Å². The number of carbonyl (C=O) groups excluding carboxylic acids is 2. The van der Waals surface area contributed by atoms with E-state index in [1.807, 2.05) is 12.1 Å². The normalized spacial score (nSPS) is 14.1. The van der Waals surface area contributed by atoms with Crippen molar-refractivity contribution in [2.24, 2.45) is 0 Å². The molecule has 1 saturated heterocycles. The summed E-state index contributed by atoms with van der Waals surface area (Å²) in [6.45, 7) is 3.67. The van der Waals surface area contributed by atoms with Gasteiger partial charge in [-0.3, -0.25) is 14.5 Å². The molecule has 2 amide bonds. The van der Waals surface area contributed by atoms with E-state index in [1.165, 1.54) is 19.8 Å². The smallest absolute Gasteiger partial charge is 0.251 e. The van der Waals surface area contributed by atoms with Crippen LogP contribution in [-0.4, -0.2) is 75.7 Å². The number of nitrogens with zero attached hydrogens (tertiary/aromatic N) is 2. The number of nitrogens with one attached hydrogen (secondary N) is 1. The maximum absolute atomic E-state index is 12.5. The van der Waals surface area contributed by atoms with Gasteiger partial charge in [0.2, 0.25) is 5.91 Å². The molecule has 0 spiro atoms. The maximum Gasteiger partial charge on any atom is 0.251 e. The molecule has 0 atom stereocenters. The molecule has 1 heterocycles. The van der Waals surface area contributed by atoms with Crippen LogP contribution in [0.1, 0.15) is 15.9 Å². The van der Waals surface area contributed by atoms with Crippen molar-refractivity contribution in [3.63, 3.8) is 0 Å². The fourth-order valence-electron chi connectivity index (χ4n) is 3.49. The van der Waals surface area contributed by atoms with E-state index in [4.69, 9.17) is 14.2 Å². The zero-order chi connectivity index (χ0) is 22.2. The first-order valence-corrected chi connectivity index (χ1v) is 10.2. The summed E-state index contributed by atoms with van der Waals surface area (Å²) < 4.78 is 15.6. The topological polar surface area (TPSA) is 80.3 Å². The Hall–Kier alpha value is -3.26. The minimum Gasteiger partial charge on any atom is -0.497 e. The number of benzene rings is 2. The molecule has 1 aliphatic heterocycles. The van der Waals surface area contributed by atoms with Crippen LogP contribution in [0.5, 0.6) is 17.2 Å². The molecule has 1 N–H and O–H groups in total. The summed E-state index contributed by atoms with van der Waals surface area (Å²) in [4.78, 5) is 29.0. The van der Waals surface area contributed by atoms with Gasteiger partial charge in [0.1, 0.15) is 5.75 Å². The molecule has 8 heteroatoms. The third-order valence-corrected chi connectivity index (χ3v) is 5.34. The van der Waals surface area contributed by atoms with E-state index in [1.54, 1.807) is 30.2 Å². The van der Waals surface area contributed by atoms with Crippen molar-refractivity contribution < 1.29 is 23.8 Å². The zero-order valence-corrected chi connectivity index (χ0v) is 18.2. The van der Waals surface area contributed by atoms with Crippen LogP contribution in [0.15, 0.2) is 42.5 Å². The second kappa shape index (κ2) is 10.7. The third-order valence-electron chi connectivity index (χ3n) is 5.34. The summed E-state index contributed by atoms with van der Waals surface area (Å²) >= 11 is 0. The van der Waals surface area contributed by atoms with E-state index in [0.717, 1.165) is 25.4 Å². The van der Waals surface area contributed by atoms with E-state index in [2.05, 4.69) is 22.3 Å². The molecule has 166 valence electrons. The standard InChI is InChI=1S/C23H29N3O5/c1-29-19-7-4-17(5-8-19)16-25-10-12-26(13-11-25)22(27)15-24-23(28)18-6-9-20(30-2)21(14-18)31-3/h4-9,14H,10-13,15-16H2,1-3H3,(H,24,28). The molecule has 31 heavy (non-hydrogen) atoms. The van der Waals surface area contributed by atoms with Crippen molar-refractivity contribution >= 4 is 11.8 Å². The Labute approximate surface area is 182 Å². The largest absolute Gasteiger partial charge is 0.497 e. The molecule has 2 aromatic rings. The molecule has 1 fully saturated rings. The Bertz CT molecular complexity index is 893. The molecule has 0 saturated carbocycles. The second-order valence-electron chi connectivity index (χ2n) is 7.26. The lowest BCUT2D eigenvalue weighted by atomic mass is 10.2. The summed E-state index contributed by atoms with van der Waals surface area (Å²) in [5, 5.41) is 2.69. The van der Waals surface area contributed by atoms with E-state index >= 15 is 0 Å². The van der Waals surface area contributed by atoms with Crippen LogP contribution in [0.4, 0.5) is 0 Å². The second-order valence-corrected chi connectivity index (χ2v) is 7.26. The van der Waals surface area contributed by atoms with Crippen LogP contribution in [-0.2, 0) is 11.3 Å². The van der Waals surface area contributed by atoms with Gasteiger partial charge in [-0.25, -0.2) is 0 Å². The van der Waals surface area contributed by atoms with Gasteiger partial charge in [0, 0.05) is 38.3 Å². The highest BCUT2D eigenvalue weighted by atomic mass is 16.5. The number of amides is 2. The predicted molar refractivity (Wildman–Crippen MR) is 117 cm³/mol. The Morgan fingerprint density at radius 2 is 1.55 bits per heavy atom. The minimum absolute atomic E-state index is 0.0361. The molecule has 0 aromatic heterocycles. The van der Waals surface area contributed by atoms with Gasteiger partial charge in [-0.05, 0) is 35.9 Å². The van der Waals surface area contributed by atoms with Gasteiger partial charge in [0.25, 0.3) is 5.91 Å². The molecular weight excluding hydrogens is 398 g/mol. The summed E-state index contributed by atoms with van der Waals surface area (Å²) in [6.07, 6.45) is 0. The lowest BCUT2D eigenvalue weighted by Gasteiger charge is -2.34. The molecule has 0 unspecified atom stereocenters. The average molecular weight is 428 g/mol. The molecular formula is C23H29N3O5. The van der Waals surface area contributed by atoms with Crippen molar-refractivity contribution in [1.82, 2.24) is 15.1 Å². The Kier molecular flexibility index (Phi) is 7.72. The highest BCUT2D eigenvalue weighted by Crippen LogP contribution is 2.27. The maximum atomic E-state index is 12.5. The highest BCUT2D eigenvalue weighted by molar-refractivity contribution is 5.97. The molecule has 0 aliphatic carbocycles. The Morgan fingerprint density at radius 1 is 0.871 bits per heavy atom.